The van der Waals surface area contributed by atoms with E-state index >= 15 is 0 Å². The fraction of sp³-hybridized carbons (Fsp3) is 0.440. The minimum absolute atomic E-state index is 0.0238. The summed E-state index contributed by atoms with van der Waals surface area (Å²) in [4.78, 5) is 26.8. The number of para-hydroxylation sites is 1. The predicted molar refractivity (Wildman–Crippen MR) is 127 cm³/mol. The van der Waals surface area contributed by atoms with E-state index in [1.807, 2.05) is 35.2 Å². The van der Waals surface area contributed by atoms with Crippen LogP contribution in [0.3, 0.4) is 0 Å². The normalized spacial score (nSPS) is 14.8. The van der Waals surface area contributed by atoms with Gasteiger partial charge in [-0.25, -0.2) is 8.42 Å². The Morgan fingerprint density at radius 2 is 1.67 bits per heavy atom. The first-order chi connectivity index (χ1) is 15.8. The highest BCUT2D eigenvalue weighted by atomic mass is 32.2. The molecular weight excluding hydrogens is 440 g/mol. The van der Waals surface area contributed by atoms with Gasteiger partial charge in [-0.05, 0) is 62.4 Å². The molecule has 2 amide bonds. The van der Waals surface area contributed by atoms with Crippen LogP contribution in [0.2, 0.25) is 0 Å². The maximum atomic E-state index is 12.4. The quantitative estimate of drug-likeness (QED) is 0.606. The molecule has 7 nitrogen and oxygen atoms in total. The topological polar surface area (TPSA) is 92.8 Å². The number of hydrogen-bond acceptors (Lipinski definition) is 5. The second-order valence-corrected chi connectivity index (χ2v) is 11.1. The van der Waals surface area contributed by atoms with Crippen molar-refractivity contribution in [2.75, 3.05) is 26.2 Å². The lowest BCUT2D eigenvalue weighted by atomic mass is 9.96. The average molecular weight is 473 g/mol. The summed E-state index contributed by atoms with van der Waals surface area (Å²) in [6.07, 6.45) is 1.87. The SMILES string of the molecule is CC(C)S(=O)(=O)c1ccc(CC(=O)NCC2CCN(C(=O)COc3ccccc3)CC2)cc1. The second-order valence-electron chi connectivity index (χ2n) is 8.64. The Labute approximate surface area is 196 Å². The Hall–Kier alpha value is -2.87. The summed E-state index contributed by atoms with van der Waals surface area (Å²) in [5.74, 6) is 0.889. The van der Waals surface area contributed by atoms with E-state index in [0.29, 0.717) is 31.3 Å². The molecule has 0 atom stereocenters. The van der Waals surface area contributed by atoms with Crippen molar-refractivity contribution in [3.63, 3.8) is 0 Å². The Bertz CT molecular complexity index is 1030. The number of carbonyl (C=O) groups excluding carboxylic acids is 2. The van der Waals surface area contributed by atoms with Crippen LogP contribution in [0.4, 0.5) is 0 Å². The van der Waals surface area contributed by atoms with E-state index < -0.39 is 15.1 Å². The molecule has 1 aliphatic rings. The second kappa shape index (κ2) is 11.3. The first-order valence-corrected chi connectivity index (χ1v) is 12.9. The highest BCUT2D eigenvalue weighted by molar-refractivity contribution is 7.92. The van der Waals surface area contributed by atoms with Crippen LogP contribution in [-0.2, 0) is 25.8 Å². The Balaban J connectivity index is 1.37. The molecule has 1 aliphatic heterocycles. The molecule has 178 valence electrons. The molecule has 1 saturated heterocycles. The van der Waals surface area contributed by atoms with E-state index in [2.05, 4.69) is 5.32 Å². The lowest BCUT2D eigenvalue weighted by Crippen LogP contribution is -2.43. The lowest BCUT2D eigenvalue weighted by molar-refractivity contribution is -0.135. The van der Waals surface area contributed by atoms with E-state index in [9.17, 15) is 18.0 Å². The van der Waals surface area contributed by atoms with Crippen LogP contribution >= 0.6 is 0 Å². The van der Waals surface area contributed by atoms with E-state index in [1.54, 1.807) is 38.1 Å². The van der Waals surface area contributed by atoms with Crippen LogP contribution in [0.15, 0.2) is 59.5 Å². The van der Waals surface area contributed by atoms with Gasteiger partial charge < -0.3 is 15.0 Å². The van der Waals surface area contributed by atoms with Gasteiger partial charge in [0.15, 0.2) is 16.4 Å². The van der Waals surface area contributed by atoms with Crippen molar-refractivity contribution in [1.82, 2.24) is 10.2 Å². The van der Waals surface area contributed by atoms with Gasteiger partial charge in [0.05, 0.1) is 16.6 Å². The van der Waals surface area contributed by atoms with Gasteiger partial charge in [-0.2, -0.15) is 0 Å². The fourth-order valence-corrected chi connectivity index (χ4v) is 4.77. The van der Waals surface area contributed by atoms with Gasteiger partial charge >= 0.3 is 0 Å². The predicted octanol–water partition coefficient (Wildman–Crippen LogP) is 2.85. The van der Waals surface area contributed by atoms with Gasteiger partial charge in [-0.1, -0.05) is 30.3 Å². The van der Waals surface area contributed by atoms with E-state index in [4.69, 9.17) is 4.74 Å². The van der Waals surface area contributed by atoms with Gasteiger partial charge in [0.25, 0.3) is 5.91 Å². The van der Waals surface area contributed by atoms with E-state index in [1.165, 1.54) is 0 Å². The number of hydrogen-bond donors (Lipinski definition) is 1. The number of sulfone groups is 1. The van der Waals surface area contributed by atoms with Crippen molar-refractivity contribution >= 4 is 21.7 Å². The van der Waals surface area contributed by atoms with Crippen molar-refractivity contribution in [2.45, 2.75) is 43.3 Å². The van der Waals surface area contributed by atoms with Crippen LogP contribution in [0.25, 0.3) is 0 Å². The van der Waals surface area contributed by atoms with Crippen molar-refractivity contribution in [3.8, 4) is 5.75 Å². The minimum Gasteiger partial charge on any atom is -0.484 e. The number of rotatable bonds is 9. The molecule has 1 fully saturated rings. The number of likely N-dealkylation sites (tertiary alicyclic amines) is 1. The molecule has 0 saturated carbocycles. The van der Waals surface area contributed by atoms with Crippen molar-refractivity contribution in [2.24, 2.45) is 5.92 Å². The molecule has 0 aliphatic carbocycles. The Kier molecular flexibility index (Phi) is 8.49. The van der Waals surface area contributed by atoms with Gasteiger partial charge in [0.2, 0.25) is 5.91 Å². The van der Waals surface area contributed by atoms with Crippen molar-refractivity contribution < 1.29 is 22.7 Å². The number of nitrogens with one attached hydrogen (secondary N) is 1. The fourth-order valence-electron chi connectivity index (χ4n) is 3.71. The minimum atomic E-state index is -3.31. The van der Waals surface area contributed by atoms with E-state index in [0.717, 1.165) is 18.4 Å². The number of benzene rings is 2. The van der Waals surface area contributed by atoms with Gasteiger partial charge in [-0.15, -0.1) is 0 Å². The van der Waals surface area contributed by atoms with Crippen molar-refractivity contribution in [3.05, 3.63) is 60.2 Å². The number of piperidine rings is 1. The third kappa shape index (κ3) is 7.05. The molecule has 3 rings (SSSR count). The number of nitrogens with zero attached hydrogens (tertiary/aromatic N) is 1. The summed E-state index contributed by atoms with van der Waals surface area (Å²) in [5, 5.41) is 2.49. The van der Waals surface area contributed by atoms with Crippen LogP contribution < -0.4 is 10.1 Å². The molecule has 8 heteroatoms. The zero-order chi connectivity index (χ0) is 23.8. The smallest absolute Gasteiger partial charge is 0.260 e. The monoisotopic (exact) mass is 472 g/mol. The number of amides is 2. The zero-order valence-electron chi connectivity index (χ0n) is 19.2. The Morgan fingerprint density at radius 1 is 1.03 bits per heavy atom. The van der Waals surface area contributed by atoms with Crippen LogP contribution in [0.1, 0.15) is 32.3 Å². The molecule has 2 aromatic rings. The van der Waals surface area contributed by atoms with E-state index in [-0.39, 0.29) is 29.7 Å². The largest absolute Gasteiger partial charge is 0.484 e. The molecule has 0 aromatic heterocycles. The van der Waals surface area contributed by atoms with Crippen LogP contribution in [-0.4, -0.2) is 56.6 Å². The van der Waals surface area contributed by atoms with Gasteiger partial charge in [0.1, 0.15) is 5.75 Å². The number of ether oxygens (including phenoxy) is 1. The standard InChI is InChI=1S/C25H32N2O5S/c1-19(2)33(30,31)23-10-8-20(9-11-23)16-24(28)26-17-21-12-14-27(15-13-21)25(29)18-32-22-6-4-3-5-7-22/h3-11,19,21H,12-18H2,1-2H3,(H,26,28). The molecule has 1 N–H and O–H groups in total. The molecule has 1 heterocycles. The summed E-state index contributed by atoms with van der Waals surface area (Å²) in [6.45, 7) is 5.21. The summed E-state index contributed by atoms with van der Waals surface area (Å²) >= 11 is 0. The third-order valence-electron chi connectivity index (χ3n) is 5.90. The summed E-state index contributed by atoms with van der Waals surface area (Å²) < 4.78 is 29.9. The molecule has 0 unspecified atom stereocenters. The number of carbonyl (C=O) groups is 2. The average Bonchev–Trinajstić information content (AvgIpc) is 2.82. The zero-order valence-corrected chi connectivity index (χ0v) is 20.0. The summed E-state index contributed by atoms with van der Waals surface area (Å²) in [6, 6.07) is 15.8. The molecule has 0 spiro atoms. The van der Waals surface area contributed by atoms with Crippen LogP contribution in [0, 0.1) is 5.92 Å². The summed E-state index contributed by atoms with van der Waals surface area (Å²) in [5.41, 5.74) is 0.772. The van der Waals surface area contributed by atoms with Crippen LogP contribution in [0.5, 0.6) is 5.75 Å². The van der Waals surface area contributed by atoms with Gasteiger partial charge in [-0.3, -0.25) is 9.59 Å². The highest BCUT2D eigenvalue weighted by Gasteiger charge is 2.23. The maximum Gasteiger partial charge on any atom is 0.260 e. The van der Waals surface area contributed by atoms with Gasteiger partial charge in [0, 0.05) is 19.6 Å². The lowest BCUT2D eigenvalue weighted by Gasteiger charge is -2.32. The maximum absolute atomic E-state index is 12.4. The Morgan fingerprint density at radius 3 is 2.27 bits per heavy atom. The summed E-state index contributed by atoms with van der Waals surface area (Å²) in [7, 11) is -3.31. The van der Waals surface area contributed by atoms with Crippen molar-refractivity contribution in [1.29, 1.82) is 0 Å². The molecule has 0 bridgehead atoms. The molecular formula is C25H32N2O5S. The highest BCUT2D eigenvalue weighted by Crippen LogP contribution is 2.18. The third-order valence-corrected chi connectivity index (χ3v) is 8.07. The molecule has 2 aromatic carbocycles. The first kappa shape index (κ1) is 24.8. The molecule has 0 radical (unpaired) electrons. The first-order valence-electron chi connectivity index (χ1n) is 11.3. The molecule has 33 heavy (non-hydrogen) atoms.